The zero-order valence-electron chi connectivity index (χ0n) is 48.3. The minimum Gasteiger partial charge on any atom is -0.394 e. The third-order valence-corrected chi connectivity index (χ3v) is 15.6. The van der Waals surface area contributed by atoms with Gasteiger partial charge in [0.15, 0.2) is 12.6 Å². The van der Waals surface area contributed by atoms with Crippen LogP contribution in [0.5, 0.6) is 0 Å². The molecule has 0 spiro atoms. The van der Waals surface area contributed by atoms with Gasteiger partial charge >= 0.3 is 0 Å². The number of hydrogen-bond acceptors (Lipinski definition) is 13. The lowest BCUT2D eigenvalue weighted by Gasteiger charge is -2.46. The number of carbonyl (C=O) groups excluding carboxylic acids is 1. The number of unbranched alkanes of at least 4 members (excludes halogenated alkanes) is 36. The minimum atomic E-state index is -1.79. The lowest BCUT2D eigenvalue weighted by Crippen LogP contribution is -2.65. The van der Waals surface area contributed by atoms with Crippen LogP contribution in [0, 0.1) is 0 Å². The van der Waals surface area contributed by atoms with Crippen LogP contribution >= 0.6 is 0 Å². The number of hydrogen-bond donors (Lipinski definition) is 9. The van der Waals surface area contributed by atoms with Gasteiger partial charge in [-0.25, -0.2) is 0 Å². The molecular formula is C62H117NO13. The molecule has 1 amide bonds. The van der Waals surface area contributed by atoms with E-state index >= 15 is 0 Å². The number of carbonyl (C=O) groups is 1. The van der Waals surface area contributed by atoms with Crippen molar-refractivity contribution in [3.63, 3.8) is 0 Å². The molecule has 0 aromatic carbocycles. The summed E-state index contributed by atoms with van der Waals surface area (Å²) in [5, 5.41) is 86.7. The third-order valence-electron chi connectivity index (χ3n) is 15.6. The van der Waals surface area contributed by atoms with Crippen molar-refractivity contribution < 1.29 is 64.6 Å². The van der Waals surface area contributed by atoms with Crippen LogP contribution in [-0.2, 0) is 23.7 Å². The summed E-state index contributed by atoms with van der Waals surface area (Å²) in [5.41, 5.74) is 0. The average Bonchev–Trinajstić information content (AvgIpc) is 3.42. The predicted molar refractivity (Wildman–Crippen MR) is 305 cm³/mol. The smallest absolute Gasteiger partial charge is 0.220 e. The zero-order chi connectivity index (χ0) is 55.3. The van der Waals surface area contributed by atoms with Gasteiger partial charge in [-0.1, -0.05) is 263 Å². The Balaban J connectivity index is 1.55. The van der Waals surface area contributed by atoms with E-state index in [9.17, 15) is 45.6 Å². The monoisotopic (exact) mass is 1080 g/mol. The second-order valence-electron chi connectivity index (χ2n) is 22.5. The van der Waals surface area contributed by atoms with E-state index < -0.39 is 86.8 Å². The lowest BCUT2D eigenvalue weighted by molar-refractivity contribution is -0.359. The van der Waals surface area contributed by atoms with Crippen molar-refractivity contribution in [1.29, 1.82) is 0 Å². The second-order valence-corrected chi connectivity index (χ2v) is 22.5. The van der Waals surface area contributed by atoms with Gasteiger partial charge in [0.25, 0.3) is 0 Å². The third kappa shape index (κ3) is 33.3. The Labute approximate surface area is 462 Å². The maximum Gasteiger partial charge on any atom is 0.220 e. The maximum atomic E-state index is 13.2. The van der Waals surface area contributed by atoms with E-state index in [1.807, 2.05) is 6.08 Å². The highest BCUT2D eigenvalue weighted by atomic mass is 16.7. The van der Waals surface area contributed by atoms with Gasteiger partial charge in [0.1, 0.15) is 48.8 Å². The number of allylic oxidation sites excluding steroid dienone is 3. The highest BCUT2D eigenvalue weighted by molar-refractivity contribution is 5.76. The molecule has 12 unspecified atom stereocenters. The Bertz CT molecular complexity index is 1370. The first kappa shape index (κ1) is 70.6. The number of nitrogens with one attached hydrogen (secondary N) is 1. The van der Waals surface area contributed by atoms with Crippen LogP contribution in [0.4, 0.5) is 0 Å². The van der Waals surface area contributed by atoms with Crippen LogP contribution < -0.4 is 5.32 Å². The number of aliphatic hydroxyl groups is 8. The van der Waals surface area contributed by atoms with Crippen molar-refractivity contribution in [3.05, 3.63) is 24.3 Å². The molecule has 0 saturated carbocycles. The van der Waals surface area contributed by atoms with E-state index in [0.717, 1.165) is 44.9 Å². The SMILES string of the molecule is CCCC/C=C/CC/C=C/C(O)C(COC1OC(CO)C(OC2OC(CO)C(O)C(O)C2O)C(O)C1O)NC(=O)CCCCCCCCCCCCCCCCCCCCCCCCCCCCCCCCCCCC. The first-order valence-corrected chi connectivity index (χ1v) is 31.6. The molecule has 9 N–H and O–H groups in total. The van der Waals surface area contributed by atoms with E-state index in [0.29, 0.717) is 12.8 Å². The van der Waals surface area contributed by atoms with Crippen molar-refractivity contribution in [3.8, 4) is 0 Å². The molecule has 2 saturated heterocycles. The molecule has 0 aliphatic carbocycles. The summed E-state index contributed by atoms with van der Waals surface area (Å²) in [6, 6.07) is -0.925. The van der Waals surface area contributed by atoms with Crippen molar-refractivity contribution >= 4 is 5.91 Å². The molecule has 2 rings (SSSR count). The lowest BCUT2D eigenvalue weighted by atomic mass is 9.97. The summed E-state index contributed by atoms with van der Waals surface area (Å²) < 4.78 is 22.7. The van der Waals surface area contributed by atoms with E-state index in [4.69, 9.17) is 18.9 Å². The van der Waals surface area contributed by atoms with Gasteiger partial charge in [0.05, 0.1) is 32.0 Å². The fourth-order valence-electron chi connectivity index (χ4n) is 10.5. The Morgan fingerprint density at radius 3 is 1.28 bits per heavy atom. The minimum absolute atomic E-state index is 0.248. The Hall–Kier alpha value is -1.53. The first-order chi connectivity index (χ1) is 37.1. The molecule has 0 aromatic heterocycles. The summed E-state index contributed by atoms with van der Waals surface area (Å²) in [4.78, 5) is 13.2. The second kappa shape index (κ2) is 48.2. The van der Waals surface area contributed by atoms with Gasteiger partial charge in [-0.3, -0.25) is 4.79 Å². The fourth-order valence-corrected chi connectivity index (χ4v) is 10.5. The van der Waals surface area contributed by atoms with E-state index in [2.05, 4.69) is 31.3 Å². The molecule has 2 fully saturated rings. The number of rotatable bonds is 51. The molecule has 448 valence electrons. The Morgan fingerprint density at radius 1 is 0.461 bits per heavy atom. The summed E-state index contributed by atoms with van der Waals surface area (Å²) >= 11 is 0. The highest BCUT2D eigenvalue weighted by Crippen LogP contribution is 2.30. The van der Waals surface area contributed by atoms with Crippen molar-refractivity contribution in [2.45, 2.75) is 344 Å². The molecule has 76 heavy (non-hydrogen) atoms. The summed E-state index contributed by atoms with van der Waals surface area (Å²) in [7, 11) is 0. The van der Waals surface area contributed by atoms with Gasteiger partial charge in [-0.2, -0.15) is 0 Å². The number of aliphatic hydroxyl groups excluding tert-OH is 8. The normalized spacial score (nSPS) is 25.0. The summed E-state index contributed by atoms with van der Waals surface area (Å²) in [5.74, 6) is -0.248. The first-order valence-electron chi connectivity index (χ1n) is 31.6. The van der Waals surface area contributed by atoms with E-state index in [1.54, 1.807) is 6.08 Å². The zero-order valence-corrected chi connectivity index (χ0v) is 48.3. The quantitative estimate of drug-likeness (QED) is 0.0204. The maximum absolute atomic E-state index is 13.2. The standard InChI is InChI=1S/C62H117NO13/c1-3-5-7-9-11-13-14-15-16-17-18-19-20-21-22-23-24-25-26-27-28-29-30-31-32-33-34-35-36-37-38-40-42-44-46-54(67)63-50(51(66)45-43-41-39-12-10-8-6-4-2)49-73-61-59(72)57(70)60(53(48-65)75-61)76-62-58(71)56(69)55(68)52(47-64)74-62/h10,12,43,45,50-53,55-62,64-66,68-72H,3-9,11,13-42,44,46-49H2,1-2H3,(H,63,67)/b12-10+,45-43+. The van der Waals surface area contributed by atoms with Gasteiger partial charge in [0.2, 0.25) is 5.91 Å². The van der Waals surface area contributed by atoms with Crippen molar-refractivity contribution in [2.75, 3.05) is 19.8 Å². The molecule has 0 aromatic rings. The van der Waals surface area contributed by atoms with E-state index in [-0.39, 0.29) is 18.9 Å². The largest absolute Gasteiger partial charge is 0.394 e. The van der Waals surface area contributed by atoms with Crippen LogP contribution in [0.3, 0.4) is 0 Å². The Kier molecular flexibility index (Phi) is 44.8. The van der Waals surface area contributed by atoms with Crippen LogP contribution in [-0.4, -0.2) is 140 Å². The van der Waals surface area contributed by atoms with Gasteiger partial charge < -0.3 is 65.1 Å². The molecule has 12 atom stereocenters. The van der Waals surface area contributed by atoms with E-state index in [1.165, 1.54) is 193 Å². The van der Waals surface area contributed by atoms with Crippen LogP contribution in [0.25, 0.3) is 0 Å². The molecular weight excluding hydrogens is 967 g/mol. The van der Waals surface area contributed by atoms with Crippen LogP contribution in [0.1, 0.15) is 271 Å². The van der Waals surface area contributed by atoms with Crippen LogP contribution in [0.15, 0.2) is 24.3 Å². The molecule has 2 aliphatic rings. The predicted octanol–water partition coefficient (Wildman–Crippen LogP) is 11.2. The highest BCUT2D eigenvalue weighted by Gasteiger charge is 2.51. The summed E-state index contributed by atoms with van der Waals surface area (Å²) in [6.45, 7) is 2.71. The molecule has 14 heteroatoms. The number of amides is 1. The van der Waals surface area contributed by atoms with Gasteiger partial charge in [0, 0.05) is 6.42 Å². The molecule has 2 heterocycles. The van der Waals surface area contributed by atoms with Crippen molar-refractivity contribution in [2.24, 2.45) is 0 Å². The van der Waals surface area contributed by atoms with Crippen molar-refractivity contribution in [1.82, 2.24) is 5.32 Å². The molecule has 0 bridgehead atoms. The topological polar surface area (TPSA) is 228 Å². The van der Waals surface area contributed by atoms with Gasteiger partial charge in [-0.15, -0.1) is 0 Å². The average molecular weight is 1080 g/mol. The van der Waals surface area contributed by atoms with Gasteiger partial charge in [-0.05, 0) is 25.7 Å². The molecule has 2 aliphatic heterocycles. The van der Waals surface area contributed by atoms with Crippen LogP contribution in [0.2, 0.25) is 0 Å². The number of ether oxygens (including phenoxy) is 4. The summed E-state index contributed by atoms with van der Waals surface area (Å²) in [6.07, 6.45) is 41.6. The fraction of sp³-hybridized carbons (Fsp3) is 0.919. The Morgan fingerprint density at radius 2 is 0.842 bits per heavy atom. The molecule has 14 nitrogen and oxygen atoms in total. The molecule has 0 radical (unpaired) electrons.